The lowest BCUT2D eigenvalue weighted by Gasteiger charge is -2.16. The molecule has 0 bridgehead atoms. The van der Waals surface area contributed by atoms with Gasteiger partial charge in [0.15, 0.2) is 17.5 Å². The lowest BCUT2D eigenvalue weighted by Crippen LogP contribution is -2.29. The van der Waals surface area contributed by atoms with Crippen molar-refractivity contribution < 1.29 is 13.2 Å². The normalized spacial score (nSPS) is 12.4. The smallest absolute Gasteiger partial charge is 0.194 e. The van der Waals surface area contributed by atoms with Crippen LogP contribution < -0.4 is 11.3 Å². The van der Waals surface area contributed by atoms with Gasteiger partial charge in [-0.25, -0.2) is 13.2 Å². The van der Waals surface area contributed by atoms with E-state index in [1.54, 1.807) is 24.5 Å². The zero-order chi connectivity index (χ0) is 13.8. The number of pyridine rings is 1. The summed E-state index contributed by atoms with van der Waals surface area (Å²) in [5.41, 5.74) is 3.60. The van der Waals surface area contributed by atoms with Gasteiger partial charge in [-0.3, -0.25) is 16.3 Å². The number of hydrazine groups is 1. The standard InChI is InChI=1S/C13H12F3N3/c14-10-6-9(7-11(15)13(10)16)12(19-17)5-8-1-3-18-4-2-8/h1-4,6-7,12,19H,5,17H2. The highest BCUT2D eigenvalue weighted by atomic mass is 19.2. The Morgan fingerprint density at radius 2 is 1.68 bits per heavy atom. The summed E-state index contributed by atoms with van der Waals surface area (Å²) in [5, 5.41) is 0. The molecule has 1 heterocycles. The number of hydrogen-bond donors (Lipinski definition) is 2. The van der Waals surface area contributed by atoms with Gasteiger partial charge in [0.1, 0.15) is 0 Å². The Morgan fingerprint density at radius 3 is 2.21 bits per heavy atom. The van der Waals surface area contributed by atoms with Crippen LogP contribution in [-0.4, -0.2) is 4.98 Å². The number of nitrogens with zero attached hydrogens (tertiary/aromatic N) is 1. The molecule has 3 N–H and O–H groups in total. The highest BCUT2D eigenvalue weighted by molar-refractivity contribution is 5.25. The third-order valence-corrected chi connectivity index (χ3v) is 2.80. The van der Waals surface area contributed by atoms with Crippen molar-refractivity contribution in [3.8, 4) is 0 Å². The number of aromatic nitrogens is 1. The van der Waals surface area contributed by atoms with Crippen LogP contribution in [0, 0.1) is 17.5 Å². The minimum absolute atomic E-state index is 0.246. The first-order valence-electron chi connectivity index (χ1n) is 5.61. The maximum atomic E-state index is 13.2. The van der Waals surface area contributed by atoms with Crippen molar-refractivity contribution >= 4 is 0 Å². The number of benzene rings is 1. The fraction of sp³-hybridized carbons (Fsp3) is 0.154. The highest BCUT2D eigenvalue weighted by Crippen LogP contribution is 2.21. The van der Waals surface area contributed by atoms with Crippen LogP contribution in [0.5, 0.6) is 0 Å². The Morgan fingerprint density at radius 1 is 1.11 bits per heavy atom. The van der Waals surface area contributed by atoms with E-state index < -0.39 is 23.5 Å². The van der Waals surface area contributed by atoms with Gasteiger partial charge in [0.05, 0.1) is 6.04 Å². The average Bonchev–Trinajstić information content (AvgIpc) is 2.42. The molecule has 0 fully saturated rings. The van der Waals surface area contributed by atoms with Crippen molar-refractivity contribution in [2.24, 2.45) is 5.84 Å². The first-order chi connectivity index (χ1) is 9.11. The Bertz CT molecular complexity index is 537. The van der Waals surface area contributed by atoms with Crippen LogP contribution in [0.1, 0.15) is 17.2 Å². The molecule has 6 heteroatoms. The third kappa shape index (κ3) is 3.10. The molecule has 0 amide bonds. The fourth-order valence-corrected chi connectivity index (χ4v) is 1.80. The SMILES string of the molecule is NNC(Cc1ccncc1)c1cc(F)c(F)c(F)c1. The van der Waals surface area contributed by atoms with E-state index >= 15 is 0 Å². The van der Waals surface area contributed by atoms with E-state index in [0.717, 1.165) is 17.7 Å². The van der Waals surface area contributed by atoms with Crippen molar-refractivity contribution in [1.29, 1.82) is 0 Å². The number of rotatable bonds is 4. The predicted octanol–water partition coefficient (Wildman–Crippen LogP) is 2.25. The van der Waals surface area contributed by atoms with Crippen molar-refractivity contribution in [2.75, 3.05) is 0 Å². The Balaban J connectivity index is 2.27. The second-order valence-electron chi connectivity index (χ2n) is 4.08. The summed E-state index contributed by atoms with van der Waals surface area (Å²) in [6, 6.07) is 4.88. The van der Waals surface area contributed by atoms with E-state index in [2.05, 4.69) is 10.4 Å². The molecule has 1 unspecified atom stereocenters. The van der Waals surface area contributed by atoms with Gasteiger partial charge in [0.25, 0.3) is 0 Å². The first kappa shape index (κ1) is 13.5. The van der Waals surface area contributed by atoms with Gasteiger partial charge in [-0.15, -0.1) is 0 Å². The molecule has 2 rings (SSSR count). The van der Waals surface area contributed by atoms with E-state index in [9.17, 15) is 13.2 Å². The molecule has 1 aromatic heterocycles. The summed E-state index contributed by atoms with van der Waals surface area (Å²) in [6.07, 6.45) is 3.62. The molecule has 0 spiro atoms. The summed E-state index contributed by atoms with van der Waals surface area (Å²) in [5.74, 6) is 1.44. The van der Waals surface area contributed by atoms with Gasteiger partial charge in [-0.05, 0) is 41.8 Å². The zero-order valence-electron chi connectivity index (χ0n) is 9.91. The highest BCUT2D eigenvalue weighted by Gasteiger charge is 2.17. The average molecular weight is 267 g/mol. The van der Waals surface area contributed by atoms with Crippen LogP contribution in [0.3, 0.4) is 0 Å². The van der Waals surface area contributed by atoms with E-state index in [-0.39, 0.29) is 5.56 Å². The summed E-state index contributed by atoms with van der Waals surface area (Å²) in [7, 11) is 0. The Kier molecular flexibility index (Phi) is 4.13. The topological polar surface area (TPSA) is 50.9 Å². The largest absolute Gasteiger partial charge is 0.271 e. The van der Waals surface area contributed by atoms with Crippen LogP contribution in [-0.2, 0) is 6.42 Å². The van der Waals surface area contributed by atoms with Crippen LogP contribution in [0.15, 0.2) is 36.7 Å². The molecule has 2 aromatic rings. The number of halogens is 3. The number of hydrogen-bond acceptors (Lipinski definition) is 3. The van der Waals surface area contributed by atoms with Crippen LogP contribution >= 0.6 is 0 Å². The van der Waals surface area contributed by atoms with Crippen molar-refractivity contribution in [1.82, 2.24) is 10.4 Å². The molecule has 3 nitrogen and oxygen atoms in total. The van der Waals surface area contributed by atoms with Crippen molar-refractivity contribution in [2.45, 2.75) is 12.5 Å². The minimum Gasteiger partial charge on any atom is -0.271 e. The lowest BCUT2D eigenvalue weighted by molar-refractivity contribution is 0.439. The molecular weight excluding hydrogens is 255 g/mol. The van der Waals surface area contributed by atoms with Gasteiger partial charge in [-0.2, -0.15) is 0 Å². The second-order valence-corrected chi connectivity index (χ2v) is 4.08. The molecule has 19 heavy (non-hydrogen) atoms. The molecule has 0 aliphatic carbocycles. The molecule has 0 saturated heterocycles. The van der Waals surface area contributed by atoms with Gasteiger partial charge in [0, 0.05) is 12.4 Å². The van der Waals surface area contributed by atoms with Gasteiger partial charge in [-0.1, -0.05) is 0 Å². The fourth-order valence-electron chi connectivity index (χ4n) is 1.80. The maximum absolute atomic E-state index is 13.2. The van der Waals surface area contributed by atoms with E-state index in [1.807, 2.05) is 0 Å². The van der Waals surface area contributed by atoms with Crippen LogP contribution in [0.25, 0.3) is 0 Å². The van der Waals surface area contributed by atoms with Gasteiger partial charge < -0.3 is 0 Å². The molecule has 0 radical (unpaired) electrons. The van der Waals surface area contributed by atoms with E-state index in [1.165, 1.54) is 0 Å². The second kappa shape index (κ2) is 5.81. The Labute approximate surface area is 108 Å². The quantitative estimate of drug-likeness (QED) is 0.507. The molecule has 0 aliphatic heterocycles. The summed E-state index contributed by atoms with van der Waals surface area (Å²) in [4.78, 5) is 3.87. The zero-order valence-corrected chi connectivity index (χ0v) is 9.91. The third-order valence-electron chi connectivity index (χ3n) is 2.80. The van der Waals surface area contributed by atoms with Crippen LogP contribution in [0.2, 0.25) is 0 Å². The van der Waals surface area contributed by atoms with Crippen molar-refractivity contribution in [3.63, 3.8) is 0 Å². The number of nitrogens with two attached hydrogens (primary N) is 1. The lowest BCUT2D eigenvalue weighted by atomic mass is 10.00. The van der Waals surface area contributed by atoms with Gasteiger partial charge in [0.2, 0.25) is 0 Å². The first-order valence-corrected chi connectivity index (χ1v) is 5.61. The van der Waals surface area contributed by atoms with Crippen molar-refractivity contribution in [3.05, 3.63) is 65.2 Å². The monoisotopic (exact) mass is 267 g/mol. The molecular formula is C13H12F3N3. The minimum atomic E-state index is -1.48. The predicted molar refractivity (Wildman–Crippen MR) is 64.3 cm³/mol. The maximum Gasteiger partial charge on any atom is 0.194 e. The summed E-state index contributed by atoms with van der Waals surface area (Å²) < 4.78 is 39.3. The Hall–Kier alpha value is -1.92. The van der Waals surface area contributed by atoms with Crippen LogP contribution in [0.4, 0.5) is 13.2 Å². The summed E-state index contributed by atoms with van der Waals surface area (Å²) >= 11 is 0. The molecule has 100 valence electrons. The molecule has 0 saturated carbocycles. The van der Waals surface area contributed by atoms with Gasteiger partial charge >= 0.3 is 0 Å². The summed E-state index contributed by atoms with van der Waals surface area (Å²) in [6.45, 7) is 0. The van der Waals surface area contributed by atoms with E-state index in [0.29, 0.717) is 6.42 Å². The molecule has 1 atom stereocenters. The molecule has 0 aliphatic rings. The number of nitrogens with one attached hydrogen (secondary N) is 1. The molecule has 1 aromatic carbocycles. The van der Waals surface area contributed by atoms with E-state index in [4.69, 9.17) is 5.84 Å².